The van der Waals surface area contributed by atoms with Crippen molar-refractivity contribution in [1.29, 1.82) is 0 Å². The SMILES string of the molecule is O=C(O)c1cccc(C(=O)NCC2Cc3ccccc32)c1. The summed E-state index contributed by atoms with van der Waals surface area (Å²) in [6, 6.07) is 14.3. The predicted molar refractivity (Wildman–Crippen MR) is 78.6 cm³/mol. The lowest BCUT2D eigenvalue weighted by molar-refractivity contribution is 0.0697. The Hall–Kier alpha value is -2.62. The maximum atomic E-state index is 12.1. The summed E-state index contributed by atoms with van der Waals surface area (Å²) >= 11 is 0. The zero-order valence-electron chi connectivity index (χ0n) is 11.4. The number of amides is 1. The Kier molecular flexibility index (Phi) is 3.44. The molecule has 0 radical (unpaired) electrons. The molecule has 1 aliphatic rings. The fourth-order valence-electron chi connectivity index (χ4n) is 2.66. The highest BCUT2D eigenvalue weighted by Gasteiger charge is 2.25. The molecule has 0 spiro atoms. The van der Waals surface area contributed by atoms with Crippen LogP contribution in [-0.4, -0.2) is 23.5 Å². The molecule has 0 aromatic heterocycles. The maximum Gasteiger partial charge on any atom is 0.335 e. The second-order valence-electron chi connectivity index (χ2n) is 5.20. The number of carbonyl (C=O) groups is 2. The van der Waals surface area contributed by atoms with Crippen LogP contribution in [0.4, 0.5) is 0 Å². The average molecular weight is 281 g/mol. The number of fused-ring (bicyclic) bond motifs is 1. The van der Waals surface area contributed by atoms with Crippen molar-refractivity contribution >= 4 is 11.9 Å². The Morgan fingerprint density at radius 1 is 1.10 bits per heavy atom. The lowest BCUT2D eigenvalue weighted by Crippen LogP contribution is -2.33. The molecule has 2 aromatic carbocycles. The van der Waals surface area contributed by atoms with Gasteiger partial charge in [0.2, 0.25) is 0 Å². The molecule has 4 heteroatoms. The number of hydrogen-bond acceptors (Lipinski definition) is 2. The van der Waals surface area contributed by atoms with Crippen molar-refractivity contribution in [2.45, 2.75) is 12.3 Å². The summed E-state index contributed by atoms with van der Waals surface area (Å²) in [5.41, 5.74) is 3.13. The number of nitrogens with one attached hydrogen (secondary N) is 1. The third-order valence-electron chi connectivity index (χ3n) is 3.84. The number of aromatic carboxylic acids is 1. The molecule has 1 aliphatic carbocycles. The first-order valence-corrected chi connectivity index (χ1v) is 6.84. The number of carbonyl (C=O) groups excluding carboxylic acids is 1. The zero-order chi connectivity index (χ0) is 14.8. The van der Waals surface area contributed by atoms with Crippen LogP contribution in [0.25, 0.3) is 0 Å². The van der Waals surface area contributed by atoms with Crippen molar-refractivity contribution in [3.63, 3.8) is 0 Å². The minimum Gasteiger partial charge on any atom is -0.478 e. The summed E-state index contributed by atoms with van der Waals surface area (Å²) < 4.78 is 0. The first kappa shape index (κ1) is 13.4. The van der Waals surface area contributed by atoms with Gasteiger partial charge in [-0.3, -0.25) is 4.79 Å². The van der Waals surface area contributed by atoms with E-state index in [9.17, 15) is 9.59 Å². The van der Waals surface area contributed by atoms with Crippen LogP contribution in [0.15, 0.2) is 48.5 Å². The number of carboxylic acids is 1. The van der Waals surface area contributed by atoms with Gasteiger partial charge in [-0.2, -0.15) is 0 Å². The van der Waals surface area contributed by atoms with Gasteiger partial charge in [0.1, 0.15) is 0 Å². The lowest BCUT2D eigenvalue weighted by atomic mass is 9.77. The summed E-state index contributed by atoms with van der Waals surface area (Å²) in [7, 11) is 0. The van der Waals surface area contributed by atoms with E-state index >= 15 is 0 Å². The highest BCUT2D eigenvalue weighted by molar-refractivity contribution is 5.97. The normalized spacial score (nSPS) is 15.7. The van der Waals surface area contributed by atoms with Gasteiger partial charge in [0.15, 0.2) is 0 Å². The monoisotopic (exact) mass is 281 g/mol. The molecular weight excluding hydrogens is 266 g/mol. The van der Waals surface area contributed by atoms with E-state index in [0.29, 0.717) is 18.0 Å². The van der Waals surface area contributed by atoms with Gasteiger partial charge in [-0.15, -0.1) is 0 Å². The van der Waals surface area contributed by atoms with Gasteiger partial charge in [-0.1, -0.05) is 30.3 Å². The minimum absolute atomic E-state index is 0.122. The number of benzene rings is 2. The third-order valence-corrected chi connectivity index (χ3v) is 3.84. The fourth-order valence-corrected chi connectivity index (χ4v) is 2.66. The molecule has 0 heterocycles. The Balaban J connectivity index is 1.63. The van der Waals surface area contributed by atoms with E-state index in [0.717, 1.165) is 6.42 Å². The zero-order valence-corrected chi connectivity index (χ0v) is 11.4. The van der Waals surface area contributed by atoms with Crippen LogP contribution in [0.5, 0.6) is 0 Å². The Labute approximate surface area is 122 Å². The largest absolute Gasteiger partial charge is 0.478 e. The van der Waals surface area contributed by atoms with E-state index in [-0.39, 0.29) is 11.5 Å². The topological polar surface area (TPSA) is 66.4 Å². The first-order chi connectivity index (χ1) is 10.1. The smallest absolute Gasteiger partial charge is 0.335 e. The molecule has 1 amide bonds. The van der Waals surface area contributed by atoms with Gasteiger partial charge in [0.05, 0.1) is 5.56 Å². The highest BCUT2D eigenvalue weighted by atomic mass is 16.4. The van der Waals surface area contributed by atoms with Crippen molar-refractivity contribution in [2.75, 3.05) is 6.54 Å². The number of hydrogen-bond donors (Lipinski definition) is 2. The molecule has 21 heavy (non-hydrogen) atoms. The molecule has 0 fully saturated rings. The summed E-state index contributed by atoms with van der Waals surface area (Å²) in [6.45, 7) is 0.577. The Bertz CT molecular complexity index is 709. The number of carboxylic acid groups (broad SMARTS) is 1. The van der Waals surface area contributed by atoms with Gasteiger partial charge >= 0.3 is 5.97 Å². The average Bonchev–Trinajstić information content (AvgIpc) is 2.48. The third kappa shape index (κ3) is 2.65. The van der Waals surface area contributed by atoms with Crippen molar-refractivity contribution < 1.29 is 14.7 Å². The summed E-state index contributed by atoms with van der Waals surface area (Å²) in [6.07, 6.45) is 0.978. The van der Waals surface area contributed by atoms with Crippen LogP contribution in [0, 0.1) is 0 Å². The molecule has 2 N–H and O–H groups in total. The van der Waals surface area contributed by atoms with Crippen molar-refractivity contribution in [2.24, 2.45) is 0 Å². The lowest BCUT2D eigenvalue weighted by Gasteiger charge is -2.30. The molecule has 0 aliphatic heterocycles. The molecule has 2 aromatic rings. The molecule has 106 valence electrons. The molecule has 1 atom stereocenters. The molecule has 1 unspecified atom stereocenters. The summed E-state index contributed by atoms with van der Waals surface area (Å²) in [5.74, 6) is -0.909. The molecule has 3 rings (SSSR count). The van der Waals surface area contributed by atoms with Crippen molar-refractivity contribution in [3.05, 3.63) is 70.8 Å². The standard InChI is InChI=1S/C17H15NO3/c19-16(12-5-3-6-13(9-12)17(20)21)18-10-14-8-11-4-1-2-7-15(11)14/h1-7,9,14H,8,10H2,(H,18,19)(H,20,21). The number of rotatable bonds is 4. The van der Waals surface area contributed by atoms with Gasteiger partial charge in [0.25, 0.3) is 5.91 Å². The molecule has 0 bridgehead atoms. The van der Waals surface area contributed by atoms with Crippen LogP contribution in [0.1, 0.15) is 37.8 Å². The van der Waals surface area contributed by atoms with E-state index in [4.69, 9.17) is 5.11 Å². The van der Waals surface area contributed by atoms with Crippen molar-refractivity contribution in [1.82, 2.24) is 5.32 Å². The molecule has 4 nitrogen and oxygen atoms in total. The van der Waals surface area contributed by atoms with Gasteiger partial charge < -0.3 is 10.4 Å². The highest BCUT2D eigenvalue weighted by Crippen LogP contribution is 2.33. The summed E-state index contributed by atoms with van der Waals surface area (Å²) in [5, 5.41) is 11.8. The van der Waals surface area contributed by atoms with E-state index < -0.39 is 5.97 Å². The fraction of sp³-hybridized carbons (Fsp3) is 0.176. The second kappa shape index (κ2) is 5.40. The van der Waals surface area contributed by atoms with E-state index in [1.807, 2.05) is 12.1 Å². The van der Waals surface area contributed by atoms with Crippen LogP contribution in [0.2, 0.25) is 0 Å². The Morgan fingerprint density at radius 3 is 2.62 bits per heavy atom. The summed E-state index contributed by atoms with van der Waals surface area (Å²) in [4.78, 5) is 23.0. The molecule has 0 saturated heterocycles. The Morgan fingerprint density at radius 2 is 1.86 bits per heavy atom. The van der Waals surface area contributed by atoms with Gasteiger partial charge in [-0.05, 0) is 35.7 Å². The van der Waals surface area contributed by atoms with Crippen LogP contribution < -0.4 is 5.32 Å². The van der Waals surface area contributed by atoms with Crippen molar-refractivity contribution in [3.8, 4) is 0 Å². The minimum atomic E-state index is -1.03. The van der Waals surface area contributed by atoms with E-state index in [1.54, 1.807) is 12.1 Å². The second-order valence-corrected chi connectivity index (χ2v) is 5.20. The first-order valence-electron chi connectivity index (χ1n) is 6.84. The van der Waals surface area contributed by atoms with Gasteiger partial charge in [-0.25, -0.2) is 4.79 Å². The van der Waals surface area contributed by atoms with Crippen LogP contribution >= 0.6 is 0 Å². The molecular formula is C17H15NO3. The van der Waals surface area contributed by atoms with E-state index in [2.05, 4.69) is 17.4 Å². The predicted octanol–water partition coefficient (Wildman–Crippen LogP) is 2.45. The van der Waals surface area contributed by atoms with E-state index in [1.165, 1.54) is 23.3 Å². The van der Waals surface area contributed by atoms with Crippen LogP contribution in [0.3, 0.4) is 0 Å². The molecule has 0 saturated carbocycles. The van der Waals surface area contributed by atoms with Gasteiger partial charge in [0, 0.05) is 18.0 Å². The maximum absolute atomic E-state index is 12.1. The van der Waals surface area contributed by atoms with Crippen LogP contribution in [-0.2, 0) is 6.42 Å². The quantitative estimate of drug-likeness (QED) is 0.904.